The standard InChI is InChI=1S/C10H14N2O2/c1-2-12(8-10(13)14)7-9-4-3-5-11-6-9/h3-6H,2,7-8H2,1H3,(H,13,14). The van der Waals surface area contributed by atoms with Gasteiger partial charge in [-0.1, -0.05) is 13.0 Å². The molecule has 0 atom stereocenters. The predicted molar refractivity (Wildman–Crippen MR) is 52.8 cm³/mol. The minimum Gasteiger partial charge on any atom is -0.480 e. The van der Waals surface area contributed by atoms with Gasteiger partial charge in [-0.05, 0) is 18.2 Å². The first kappa shape index (κ1) is 10.7. The zero-order chi connectivity index (χ0) is 10.4. The van der Waals surface area contributed by atoms with Crippen LogP contribution in [0.2, 0.25) is 0 Å². The first-order valence-corrected chi connectivity index (χ1v) is 4.55. The molecule has 14 heavy (non-hydrogen) atoms. The minimum atomic E-state index is -0.796. The van der Waals surface area contributed by atoms with Gasteiger partial charge in [-0.2, -0.15) is 0 Å². The first-order valence-electron chi connectivity index (χ1n) is 4.55. The summed E-state index contributed by atoms with van der Waals surface area (Å²) in [5, 5.41) is 8.64. The molecule has 0 spiro atoms. The fourth-order valence-corrected chi connectivity index (χ4v) is 1.22. The minimum absolute atomic E-state index is 0.0748. The lowest BCUT2D eigenvalue weighted by Gasteiger charge is -2.17. The van der Waals surface area contributed by atoms with Gasteiger partial charge < -0.3 is 5.11 Å². The molecule has 4 heteroatoms. The summed E-state index contributed by atoms with van der Waals surface area (Å²) in [6.07, 6.45) is 3.46. The van der Waals surface area contributed by atoms with Crippen molar-refractivity contribution in [1.29, 1.82) is 0 Å². The van der Waals surface area contributed by atoms with Crippen LogP contribution in [0.15, 0.2) is 24.5 Å². The Labute approximate surface area is 83.2 Å². The molecule has 0 amide bonds. The molecule has 0 saturated carbocycles. The number of pyridine rings is 1. The summed E-state index contributed by atoms with van der Waals surface area (Å²) in [7, 11) is 0. The number of aromatic nitrogens is 1. The largest absolute Gasteiger partial charge is 0.480 e. The van der Waals surface area contributed by atoms with Crippen molar-refractivity contribution in [3.63, 3.8) is 0 Å². The van der Waals surface area contributed by atoms with Crippen molar-refractivity contribution >= 4 is 5.97 Å². The molecule has 0 aromatic carbocycles. The molecule has 0 bridgehead atoms. The van der Waals surface area contributed by atoms with Gasteiger partial charge in [0.05, 0.1) is 6.54 Å². The van der Waals surface area contributed by atoms with Crippen LogP contribution in [0.5, 0.6) is 0 Å². The molecule has 1 N–H and O–H groups in total. The topological polar surface area (TPSA) is 53.4 Å². The Morgan fingerprint density at radius 2 is 2.43 bits per heavy atom. The van der Waals surface area contributed by atoms with E-state index in [-0.39, 0.29) is 6.54 Å². The van der Waals surface area contributed by atoms with Gasteiger partial charge in [-0.15, -0.1) is 0 Å². The van der Waals surface area contributed by atoms with E-state index in [2.05, 4.69) is 4.98 Å². The van der Waals surface area contributed by atoms with Crippen LogP contribution in [0, 0.1) is 0 Å². The summed E-state index contributed by atoms with van der Waals surface area (Å²) in [6.45, 7) is 3.38. The predicted octanol–water partition coefficient (Wildman–Crippen LogP) is 0.988. The van der Waals surface area contributed by atoms with Gasteiger partial charge in [0.2, 0.25) is 0 Å². The number of carboxylic acids is 1. The van der Waals surface area contributed by atoms with Gasteiger partial charge in [-0.25, -0.2) is 0 Å². The fourth-order valence-electron chi connectivity index (χ4n) is 1.22. The Kier molecular flexibility index (Phi) is 4.07. The highest BCUT2D eigenvalue weighted by molar-refractivity contribution is 5.69. The van der Waals surface area contributed by atoms with Crippen molar-refractivity contribution < 1.29 is 9.90 Å². The molecule has 1 aromatic heterocycles. The van der Waals surface area contributed by atoms with Crippen molar-refractivity contribution in [2.45, 2.75) is 13.5 Å². The maximum absolute atomic E-state index is 10.5. The van der Waals surface area contributed by atoms with E-state index in [1.165, 1.54) is 0 Å². The lowest BCUT2D eigenvalue weighted by Crippen LogP contribution is -2.29. The highest BCUT2D eigenvalue weighted by Crippen LogP contribution is 2.01. The number of aliphatic carboxylic acids is 1. The molecule has 1 heterocycles. The van der Waals surface area contributed by atoms with Crippen LogP contribution in [0.1, 0.15) is 12.5 Å². The van der Waals surface area contributed by atoms with Gasteiger partial charge in [-0.3, -0.25) is 14.7 Å². The Bertz CT molecular complexity index is 287. The molecule has 0 fully saturated rings. The van der Waals surface area contributed by atoms with Gasteiger partial charge in [0, 0.05) is 18.9 Å². The number of carbonyl (C=O) groups is 1. The van der Waals surface area contributed by atoms with Crippen molar-refractivity contribution in [3.8, 4) is 0 Å². The summed E-state index contributed by atoms with van der Waals surface area (Å²) < 4.78 is 0. The average Bonchev–Trinajstić information content (AvgIpc) is 2.17. The van der Waals surface area contributed by atoms with E-state index < -0.39 is 5.97 Å². The number of rotatable bonds is 5. The molecule has 0 aliphatic heterocycles. The van der Waals surface area contributed by atoms with Gasteiger partial charge in [0.25, 0.3) is 0 Å². The molecule has 0 aliphatic rings. The summed E-state index contributed by atoms with van der Waals surface area (Å²) in [5.74, 6) is -0.796. The van der Waals surface area contributed by atoms with E-state index in [4.69, 9.17) is 5.11 Å². The molecule has 76 valence electrons. The zero-order valence-corrected chi connectivity index (χ0v) is 8.18. The van der Waals surface area contributed by atoms with Crippen molar-refractivity contribution in [2.75, 3.05) is 13.1 Å². The maximum atomic E-state index is 10.5. The molecule has 0 saturated heterocycles. The fraction of sp³-hybridized carbons (Fsp3) is 0.400. The molecular weight excluding hydrogens is 180 g/mol. The monoisotopic (exact) mass is 194 g/mol. The van der Waals surface area contributed by atoms with Gasteiger partial charge >= 0.3 is 5.97 Å². The van der Waals surface area contributed by atoms with Crippen LogP contribution in [0.3, 0.4) is 0 Å². The zero-order valence-electron chi connectivity index (χ0n) is 8.18. The first-order chi connectivity index (χ1) is 6.72. The third-order valence-corrected chi connectivity index (χ3v) is 1.94. The van der Waals surface area contributed by atoms with Crippen molar-refractivity contribution in [1.82, 2.24) is 9.88 Å². The van der Waals surface area contributed by atoms with Crippen LogP contribution >= 0.6 is 0 Å². The van der Waals surface area contributed by atoms with Gasteiger partial charge in [0.15, 0.2) is 0 Å². The lowest BCUT2D eigenvalue weighted by molar-refractivity contribution is -0.138. The number of carboxylic acid groups (broad SMARTS) is 1. The Morgan fingerprint density at radius 3 is 2.93 bits per heavy atom. The van der Waals surface area contributed by atoms with Crippen LogP contribution < -0.4 is 0 Å². The number of likely N-dealkylation sites (N-methyl/N-ethyl adjacent to an activating group) is 1. The molecule has 0 aliphatic carbocycles. The van der Waals surface area contributed by atoms with E-state index in [0.29, 0.717) is 6.54 Å². The summed E-state index contributed by atoms with van der Waals surface area (Å²) >= 11 is 0. The molecule has 0 radical (unpaired) electrons. The lowest BCUT2D eigenvalue weighted by atomic mass is 10.2. The number of hydrogen-bond acceptors (Lipinski definition) is 3. The normalized spacial score (nSPS) is 10.4. The summed E-state index contributed by atoms with van der Waals surface area (Å²) in [6, 6.07) is 3.79. The smallest absolute Gasteiger partial charge is 0.317 e. The second-order valence-electron chi connectivity index (χ2n) is 3.06. The Morgan fingerprint density at radius 1 is 1.64 bits per heavy atom. The molecule has 4 nitrogen and oxygen atoms in total. The average molecular weight is 194 g/mol. The second-order valence-corrected chi connectivity index (χ2v) is 3.06. The van der Waals surface area contributed by atoms with Gasteiger partial charge in [0.1, 0.15) is 0 Å². The third-order valence-electron chi connectivity index (χ3n) is 1.94. The highest BCUT2D eigenvalue weighted by atomic mass is 16.4. The third kappa shape index (κ3) is 3.53. The Balaban J connectivity index is 2.53. The SMILES string of the molecule is CCN(CC(=O)O)Cc1cccnc1. The van der Waals surface area contributed by atoms with Crippen molar-refractivity contribution in [3.05, 3.63) is 30.1 Å². The highest BCUT2D eigenvalue weighted by Gasteiger charge is 2.07. The van der Waals surface area contributed by atoms with Crippen LogP contribution in [0.25, 0.3) is 0 Å². The summed E-state index contributed by atoms with van der Waals surface area (Å²) in [5.41, 5.74) is 1.04. The van der Waals surface area contributed by atoms with E-state index in [1.54, 1.807) is 12.4 Å². The van der Waals surface area contributed by atoms with E-state index in [0.717, 1.165) is 12.1 Å². The molecule has 1 aromatic rings. The van der Waals surface area contributed by atoms with E-state index >= 15 is 0 Å². The maximum Gasteiger partial charge on any atom is 0.317 e. The van der Waals surface area contributed by atoms with Crippen LogP contribution in [0.4, 0.5) is 0 Å². The second kappa shape index (κ2) is 5.34. The number of hydrogen-bond donors (Lipinski definition) is 1. The quantitative estimate of drug-likeness (QED) is 0.759. The van der Waals surface area contributed by atoms with E-state index in [9.17, 15) is 4.79 Å². The van der Waals surface area contributed by atoms with E-state index in [1.807, 2.05) is 24.0 Å². The van der Waals surface area contributed by atoms with Crippen LogP contribution in [-0.2, 0) is 11.3 Å². The summed E-state index contributed by atoms with van der Waals surface area (Å²) in [4.78, 5) is 16.3. The molecular formula is C10H14N2O2. The van der Waals surface area contributed by atoms with Crippen molar-refractivity contribution in [2.24, 2.45) is 0 Å². The molecule has 1 rings (SSSR count). The Hall–Kier alpha value is -1.42. The number of nitrogens with zero attached hydrogens (tertiary/aromatic N) is 2. The van der Waals surface area contributed by atoms with Crippen LogP contribution in [-0.4, -0.2) is 34.0 Å². The molecule has 0 unspecified atom stereocenters.